The van der Waals surface area contributed by atoms with E-state index in [0.29, 0.717) is 6.79 Å². The van der Waals surface area contributed by atoms with Crippen LogP contribution in [0, 0.1) is 0 Å². The molecule has 0 atom stereocenters. The molecule has 1 saturated heterocycles. The van der Waals surface area contributed by atoms with Gasteiger partial charge in [-0.2, -0.15) is 0 Å². The van der Waals surface area contributed by atoms with Gasteiger partial charge in [-0.15, -0.1) is 0 Å². The monoisotopic (exact) mass is 382 g/mol. The number of fused-ring (bicyclic) bond motifs is 1. The topological polar surface area (TPSA) is 43.0 Å². The zero-order valence-electron chi connectivity index (χ0n) is 16.5. The Morgan fingerprint density at radius 1 is 0.929 bits per heavy atom. The molecule has 150 valence electrons. The molecule has 0 radical (unpaired) electrons. The molecule has 0 amide bonds. The summed E-state index contributed by atoms with van der Waals surface area (Å²) in [5.74, 6) is 2.65. The van der Waals surface area contributed by atoms with Crippen molar-refractivity contribution >= 4 is 0 Å². The number of hydrogen-bond acceptors (Lipinski definition) is 5. The lowest BCUT2D eigenvalue weighted by Gasteiger charge is -2.26. The van der Waals surface area contributed by atoms with Gasteiger partial charge in [0.25, 0.3) is 0 Å². The largest absolute Gasteiger partial charge is 0.494 e. The maximum absolute atomic E-state index is 5.95. The zero-order chi connectivity index (χ0) is 19.0. The van der Waals surface area contributed by atoms with Gasteiger partial charge in [0, 0.05) is 13.1 Å². The van der Waals surface area contributed by atoms with Crippen molar-refractivity contribution in [1.29, 1.82) is 0 Å². The molecule has 0 bridgehead atoms. The van der Waals surface area contributed by atoms with Crippen LogP contribution in [0.5, 0.6) is 17.2 Å². The Kier molecular flexibility index (Phi) is 6.68. The first-order valence-corrected chi connectivity index (χ1v) is 10.4. The van der Waals surface area contributed by atoms with Crippen molar-refractivity contribution in [3.8, 4) is 17.2 Å². The van der Waals surface area contributed by atoms with Gasteiger partial charge in [0.05, 0.1) is 6.61 Å². The summed E-state index contributed by atoms with van der Waals surface area (Å²) in [6.45, 7) is 6.27. The molecule has 0 spiro atoms. The van der Waals surface area contributed by atoms with E-state index in [1.54, 1.807) is 0 Å². The lowest BCUT2D eigenvalue weighted by molar-refractivity contribution is 0.174. The van der Waals surface area contributed by atoms with Gasteiger partial charge >= 0.3 is 0 Å². The highest BCUT2D eigenvalue weighted by atomic mass is 16.7. The summed E-state index contributed by atoms with van der Waals surface area (Å²) in [7, 11) is 0. The molecular formula is C23H30N2O3. The van der Waals surface area contributed by atoms with Gasteiger partial charge in [-0.1, -0.05) is 24.6 Å². The van der Waals surface area contributed by atoms with Gasteiger partial charge in [-0.3, -0.25) is 4.90 Å². The summed E-state index contributed by atoms with van der Waals surface area (Å²) in [4.78, 5) is 2.54. The maximum atomic E-state index is 5.95. The summed E-state index contributed by atoms with van der Waals surface area (Å²) in [6.07, 6.45) is 5.01. The Bertz CT molecular complexity index is 759. The molecule has 2 aliphatic heterocycles. The molecule has 2 aliphatic rings. The van der Waals surface area contributed by atoms with Gasteiger partial charge in [-0.25, -0.2) is 0 Å². The molecule has 1 fully saturated rings. The molecular weight excluding hydrogens is 352 g/mol. The van der Waals surface area contributed by atoms with Gasteiger partial charge in [0.1, 0.15) is 5.75 Å². The quantitative estimate of drug-likeness (QED) is 0.665. The van der Waals surface area contributed by atoms with Gasteiger partial charge in [0.15, 0.2) is 11.5 Å². The maximum Gasteiger partial charge on any atom is 0.231 e. The van der Waals surface area contributed by atoms with E-state index >= 15 is 0 Å². The molecule has 2 heterocycles. The summed E-state index contributed by atoms with van der Waals surface area (Å²) in [5.41, 5.74) is 2.55. The van der Waals surface area contributed by atoms with E-state index < -0.39 is 0 Å². The van der Waals surface area contributed by atoms with E-state index in [4.69, 9.17) is 14.2 Å². The van der Waals surface area contributed by atoms with E-state index in [1.807, 2.05) is 12.1 Å². The zero-order valence-corrected chi connectivity index (χ0v) is 16.5. The van der Waals surface area contributed by atoms with E-state index in [2.05, 4.69) is 40.5 Å². The highest BCUT2D eigenvalue weighted by molar-refractivity contribution is 5.44. The fraction of sp³-hybridized carbons (Fsp3) is 0.478. The number of nitrogens with one attached hydrogen (secondary N) is 1. The average Bonchev–Trinajstić information content (AvgIpc) is 3.19. The van der Waals surface area contributed by atoms with Crippen LogP contribution in [0.4, 0.5) is 0 Å². The molecule has 4 rings (SSSR count). The minimum atomic E-state index is 0.322. The lowest BCUT2D eigenvalue weighted by Crippen LogP contribution is -2.29. The third-order valence-corrected chi connectivity index (χ3v) is 5.29. The van der Waals surface area contributed by atoms with E-state index in [9.17, 15) is 0 Å². The summed E-state index contributed by atoms with van der Waals surface area (Å²) in [6, 6.07) is 14.6. The second-order valence-electron chi connectivity index (χ2n) is 7.55. The second kappa shape index (κ2) is 9.80. The highest BCUT2D eigenvalue weighted by Gasteiger charge is 2.13. The van der Waals surface area contributed by atoms with Crippen molar-refractivity contribution in [2.24, 2.45) is 0 Å². The van der Waals surface area contributed by atoms with Gasteiger partial charge in [-0.05, 0) is 74.3 Å². The van der Waals surface area contributed by atoms with Crippen LogP contribution in [-0.4, -0.2) is 37.9 Å². The van der Waals surface area contributed by atoms with Crippen LogP contribution in [0.1, 0.15) is 36.8 Å². The van der Waals surface area contributed by atoms with Crippen molar-refractivity contribution < 1.29 is 14.2 Å². The first-order chi connectivity index (χ1) is 13.9. The predicted octanol–water partition coefficient (Wildman–Crippen LogP) is 3.96. The molecule has 2 aromatic carbocycles. The van der Waals surface area contributed by atoms with E-state index in [0.717, 1.165) is 49.9 Å². The predicted molar refractivity (Wildman–Crippen MR) is 110 cm³/mol. The standard InChI is InChI=1S/C23H30N2O3/c1-2-11-25(12-3-1)17-20-6-4-7-21(14-20)26-13-5-10-24-16-19-8-9-22-23(15-19)28-18-27-22/h4,6-9,14-15,24H,1-3,5,10-13,16-18H2. The Labute approximate surface area is 167 Å². The van der Waals surface area contributed by atoms with Gasteiger partial charge in [0.2, 0.25) is 6.79 Å². The van der Waals surface area contributed by atoms with Crippen molar-refractivity contribution in [3.05, 3.63) is 53.6 Å². The van der Waals surface area contributed by atoms with Crippen LogP contribution < -0.4 is 19.5 Å². The molecule has 28 heavy (non-hydrogen) atoms. The number of rotatable bonds is 9. The third-order valence-electron chi connectivity index (χ3n) is 5.29. The number of benzene rings is 2. The molecule has 1 N–H and O–H groups in total. The molecule has 0 unspecified atom stereocenters. The number of ether oxygens (including phenoxy) is 3. The smallest absolute Gasteiger partial charge is 0.231 e. The molecule has 0 aliphatic carbocycles. The van der Waals surface area contributed by atoms with E-state index in [1.165, 1.54) is 43.5 Å². The van der Waals surface area contributed by atoms with E-state index in [-0.39, 0.29) is 0 Å². The number of likely N-dealkylation sites (tertiary alicyclic amines) is 1. The first-order valence-electron chi connectivity index (χ1n) is 10.4. The minimum absolute atomic E-state index is 0.322. The Balaban J connectivity index is 1.14. The number of nitrogens with zero attached hydrogens (tertiary/aromatic N) is 1. The SMILES string of the molecule is c1cc(CN2CCCCC2)cc(OCCCNCc2ccc3c(c2)OCO3)c1. The molecule has 2 aromatic rings. The third kappa shape index (κ3) is 5.40. The number of hydrogen-bond donors (Lipinski definition) is 1. The van der Waals surface area contributed by atoms with Crippen LogP contribution in [0.3, 0.4) is 0 Å². The normalized spacial score (nSPS) is 16.3. The first kappa shape index (κ1) is 19.1. The Morgan fingerprint density at radius 2 is 1.82 bits per heavy atom. The second-order valence-corrected chi connectivity index (χ2v) is 7.55. The van der Waals surface area contributed by atoms with Crippen LogP contribution in [0.2, 0.25) is 0 Å². The Hall–Kier alpha value is -2.24. The van der Waals surface area contributed by atoms with Crippen LogP contribution >= 0.6 is 0 Å². The summed E-state index contributed by atoms with van der Waals surface area (Å²) in [5, 5.41) is 3.46. The van der Waals surface area contributed by atoms with Crippen molar-refractivity contribution in [1.82, 2.24) is 10.2 Å². The van der Waals surface area contributed by atoms with Crippen molar-refractivity contribution in [2.75, 3.05) is 33.0 Å². The molecule has 0 aromatic heterocycles. The van der Waals surface area contributed by atoms with Crippen molar-refractivity contribution in [3.63, 3.8) is 0 Å². The van der Waals surface area contributed by atoms with Crippen molar-refractivity contribution in [2.45, 2.75) is 38.8 Å². The number of piperidine rings is 1. The fourth-order valence-electron chi connectivity index (χ4n) is 3.78. The lowest BCUT2D eigenvalue weighted by atomic mass is 10.1. The molecule has 5 nitrogen and oxygen atoms in total. The summed E-state index contributed by atoms with van der Waals surface area (Å²) >= 11 is 0. The summed E-state index contributed by atoms with van der Waals surface area (Å²) < 4.78 is 16.7. The van der Waals surface area contributed by atoms with Gasteiger partial charge < -0.3 is 19.5 Å². The Morgan fingerprint density at radius 3 is 2.75 bits per heavy atom. The minimum Gasteiger partial charge on any atom is -0.494 e. The fourth-order valence-corrected chi connectivity index (χ4v) is 3.78. The molecule has 5 heteroatoms. The molecule has 0 saturated carbocycles. The van der Waals surface area contributed by atoms with Crippen LogP contribution in [0.15, 0.2) is 42.5 Å². The van der Waals surface area contributed by atoms with Crippen LogP contribution in [0.25, 0.3) is 0 Å². The van der Waals surface area contributed by atoms with Crippen LogP contribution in [-0.2, 0) is 13.1 Å². The highest BCUT2D eigenvalue weighted by Crippen LogP contribution is 2.32. The average molecular weight is 383 g/mol.